The number of methoxy groups -OCH3 is 1. The third-order valence-electron chi connectivity index (χ3n) is 4.11. The minimum Gasteiger partial charge on any atom is -0.487 e. The monoisotopic (exact) mass is 280 g/mol. The Morgan fingerprint density at radius 3 is 2.47 bits per heavy atom. The first kappa shape index (κ1) is 13.2. The lowest BCUT2D eigenvalue weighted by molar-refractivity contribution is -0.171. The Kier molecular flexibility index (Phi) is 3.65. The van der Waals surface area contributed by atoms with E-state index in [2.05, 4.69) is 13.0 Å². The van der Waals surface area contributed by atoms with Crippen molar-refractivity contribution in [2.24, 2.45) is 0 Å². The molecule has 104 valence electrons. The fourth-order valence-electron chi connectivity index (χ4n) is 2.90. The first-order valence-corrected chi connectivity index (χ1v) is 7.65. The third kappa shape index (κ3) is 2.57. The molecule has 3 rings (SSSR count). The van der Waals surface area contributed by atoms with Gasteiger partial charge in [0.1, 0.15) is 0 Å². The average Bonchev–Trinajstić information content (AvgIpc) is 3.08. The zero-order valence-corrected chi connectivity index (χ0v) is 12.3. The summed E-state index contributed by atoms with van der Waals surface area (Å²) in [5.74, 6) is -0.267. The fourth-order valence-corrected chi connectivity index (χ4v) is 3.77. The van der Waals surface area contributed by atoms with Crippen LogP contribution in [0.25, 0.3) is 5.57 Å². The summed E-state index contributed by atoms with van der Waals surface area (Å²) in [7, 11) is 1.72. The van der Waals surface area contributed by atoms with Gasteiger partial charge >= 0.3 is 0 Å². The smallest absolute Gasteiger partial charge is 0.173 e. The van der Waals surface area contributed by atoms with Gasteiger partial charge in [-0.3, -0.25) is 0 Å². The number of allylic oxidation sites excluding steroid dienone is 2. The van der Waals surface area contributed by atoms with Crippen LogP contribution in [0, 0.1) is 0 Å². The van der Waals surface area contributed by atoms with E-state index < -0.39 is 0 Å². The van der Waals surface area contributed by atoms with Crippen molar-refractivity contribution in [1.29, 1.82) is 0 Å². The number of thiophene rings is 1. The minimum atomic E-state index is -0.267. The molecule has 0 atom stereocenters. The molecule has 2 fully saturated rings. The van der Waals surface area contributed by atoms with Crippen LogP contribution in [0.5, 0.6) is 5.06 Å². The Bertz CT molecular complexity index is 471. The third-order valence-corrected chi connectivity index (χ3v) is 5.28. The van der Waals surface area contributed by atoms with Gasteiger partial charge in [0.05, 0.1) is 20.3 Å². The Hall–Kier alpha value is -0.840. The molecule has 2 heterocycles. The molecular formula is C15H20O3S. The molecule has 4 heteroatoms. The van der Waals surface area contributed by atoms with Gasteiger partial charge < -0.3 is 14.2 Å². The summed E-state index contributed by atoms with van der Waals surface area (Å²) in [6.45, 7) is 3.72. The largest absolute Gasteiger partial charge is 0.487 e. The van der Waals surface area contributed by atoms with Crippen LogP contribution in [0.1, 0.15) is 37.5 Å². The van der Waals surface area contributed by atoms with E-state index in [4.69, 9.17) is 14.2 Å². The fraction of sp³-hybridized carbons (Fsp3) is 0.600. The topological polar surface area (TPSA) is 27.7 Å². The molecule has 1 aliphatic heterocycles. The van der Waals surface area contributed by atoms with E-state index in [1.165, 1.54) is 16.0 Å². The molecule has 3 nitrogen and oxygen atoms in total. The second-order valence-electron chi connectivity index (χ2n) is 5.16. The van der Waals surface area contributed by atoms with E-state index in [1.54, 1.807) is 18.4 Å². The van der Waals surface area contributed by atoms with Crippen LogP contribution in [0.2, 0.25) is 0 Å². The van der Waals surface area contributed by atoms with Crippen molar-refractivity contribution in [3.63, 3.8) is 0 Å². The van der Waals surface area contributed by atoms with Gasteiger partial charge in [0.15, 0.2) is 10.9 Å². The van der Waals surface area contributed by atoms with Gasteiger partial charge in [-0.25, -0.2) is 0 Å². The summed E-state index contributed by atoms with van der Waals surface area (Å²) >= 11 is 1.72. The zero-order valence-electron chi connectivity index (χ0n) is 11.5. The van der Waals surface area contributed by atoms with Crippen LogP contribution in [-0.2, 0) is 9.47 Å². The Balaban J connectivity index is 1.73. The van der Waals surface area contributed by atoms with Crippen LogP contribution in [0.4, 0.5) is 0 Å². The van der Waals surface area contributed by atoms with Crippen LogP contribution in [-0.4, -0.2) is 26.1 Å². The minimum absolute atomic E-state index is 0.267. The lowest BCUT2D eigenvalue weighted by Gasteiger charge is -2.33. The summed E-state index contributed by atoms with van der Waals surface area (Å²) in [5.41, 5.74) is 2.94. The summed E-state index contributed by atoms with van der Waals surface area (Å²) in [4.78, 5) is 1.32. The average molecular weight is 280 g/mol. The van der Waals surface area contributed by atoms with Gasteiger partial charge in [-0.05, 0) is 37.5 Å². The molecule has 1 saturated carbocycles. The highest BCUT2D eigenvalue weighted by Crippen LogP contribution is 2.41. The molecule has 0 bridgehead atoms. The van der Waals surface area contributed by atoms with Crippen LogP contribution < -0.4 is 4.74 Å². The quantitative estimate of drug-likeness (QED) is 0.823. The summed E-state index contributed by atoms with van der Waals surface area (Å²) in [6, 6.07) is 4.19. The van der Waals surface area contributed by atoms with E-state index in [-0.39, 0.29) is 5.79 Å². The molecule has 1 aromatic rings. The molecule has 19 heavy (non-hydrogen) atoms. The molecular weight excluding hydrogens is 260 g/mol. The van der Waals surface area contributed by atoms with Crippen molar-refractivity contribution in [2.45, 2.75) is 38.4 Å². The first-order chi connectivity index (χ1) is 9.22. The van der Waals surface area contributed by atoms with Gasteiger partial charge in [-0.2, -0.15) is 0 Å². The number of hydrogen-bond donors (Lipinski definition) is 0. The summed E-state index contributed by atoms with van der Waals surface area (Å²) in [5, 5.41) is 0.977. The van der Waals surface area contributed by atoms with Crippen LogP contribution in [0.15, 0.2) is 17.7 Å². The predicted octanol–water partition coefficient (Wildman–Crippen LogP) is 3.85. The van der Waals surface area contributed by atoms with Crippen molar-refractivity contribution in [3.8, 4) is 5.06 Å². The Labute approximate surface area is 118 Å². The van der Waals surface area contributed by atoms with E-state index in [0.29, 0.717) is 0 Å². The lowest BCUT2D eigenvalue weighted by atomic mass is 9.87. The molecule has 0 N–H and O–H groups in total. The zero-order chi connectivity index (χ0) is 13.3. The molecule has 0 aromatic carbocycles. The second-order valence-corrected chi connectivity index (χ2v) is 6.21. The van der Waals surface area contributed by atoms with E-state index >= 15 is 0 Å². The van der Waals surface area contributed by atoms with Gasteiger partial charge in [0.25, 0.3) is 0 Å². The molecule has 1 spiro atoms. The number of ether oxygens (including phenoxy) is 3. The van der Waals surface area contributed by atoms with Crippen LogP contribution in [0.3, 0.4) is 0 Å². The molecule has 0 unspecified atom stereocenters. The highest BCUT2D eigenvalue weighted by Gasteiger charge is 2.39. The van der Waals surface area contributed by atoms with Crippen LogP contribution >= 0.6 is 11.3 Å². The molecule has 1 saturated heterocycles. The maximum absolute atomic E-state index is 5.77. The molecule has 2 aliphatic rings. The van der Waals surface area contributed by atoms with Crippen molar-refractivity contribution in [2.75, 3.05) is 20.3 Å². The normalized spacial score (nSPS) is 21.9. The van der Waals surface area contributed by atoms with Crippen molar-refractivity contribution >= 4 is 16.9 Å². The summed E-state index contributed by atoms with van der Waals surface area (Å²) < 4.78 is 16.8. The highest BCUT2D eigenvalue weighted by molar-refractivity contribution is 7.14. The van der Waals surface area contributed by atoms with Gasteiger partial charge in [0, 0.05) is 17.7 Å². The molecule has 1 aliphatic carbocycles. The van der Waals surface area contributed by atoms with Gasteiger partial charge in [0.2, 0.25) is 0 Å². The summed E-state index contributed by atoms with van der Waals surface area (Å²) in [6.07, 6.45) is 4.13. The van der Waals surface area contributed by atoms with E-state index in [1.807, 2.05) is 6.07 Å². The Morgan fingerprint density at radius 1 is 1.21 bits per heavy atom. The number of rotatable bonds is 2. The molecule has 1 aromatic heterocycles. The van der Waals surface area contributed by atoms with E-state index in [0.717, 1.165) is 44.0 Å². The maximum atomic E-state index is 5.77. The van der Waals surface area contributed by atoms with E-state index in [9.17, 15) is 0 Å². The van der Waals surface area contributed by atoms with Crippen molar-refractivity contribution in [1.82, 2.24) is 0 Å². The maximum Gasteiger partial charge on any atom is 0.173 e. The standard InChI is InChI=1S/C15H20O3S/c1-11(13-3-4-14(16-2)19-13)12-5-7-15(8-6-12)17-9-10-18-15/h3-4H,5-10H2,1-2H3. The highest BCUT2D eigenvalue weighted by atomic mass is 32.1. The number of hydrogen-bond acceptors (Lipinski definition) is 4. The second kappa shape index (κ2) is 5.27. The molecule has 0 radical (unpaired) electrons. The predicted molar refractivity (Wildman–Crippen MR) is 76.6 cm³/mol. The van der Waals surface area contributed by atoms with Gasteiger partial charge in [-0.15, -0.1) is 0 Å². The van der Waals surface area contributed by atoms with Crippen molar-refractivity contribution in [3.05, 3.63) is 22.6 Å². The molecule has 0 amide bonds. The first-order valence-electron chi connectivity index (χ1n) is 6.83. The van der Waals surface area contributed by atoms with Crippen molar-refractivity contribution < 1.29 is 14.2 Å². The SMILES string of the molecule is COc1ccc(C(C)=C2CCC3(CC2)OCCO3)s1. The van der Waals surface area contributed by atoms with Gasteiger partial charge in [-0.1, -0.05) is 16.9 Å². The lowest BCUT2D eigenvalue weighted by Crippen LogP contribution is -2.33. The Morgan fingerprint density at radius 2 is 1.89 bits per heavy atom.